The second kappa shape index (κ2) is 9.24. The molecule has 0 heterocycles. The third-order valence-electron chi connectivity index (χ3n) is 3.62. The van der Waals surface area contributed by atoms with E-state index in [1.807, 2.05) is 13.8 Å². The van der Waals surface area contributed by atoms with Gasteiger partial charge in [0, 0.05) is 12.6 Å². The lowest BCUT2D eigenvalue weighted by Crippen LogP contribution is -2.30. The number of rotatable bonds is 9. The molecular formula is C19H24N2O4S. The van der Waals surface area contributed by atoms with Crippen LogP contribution in [0.1, 0.15) is 20.3 Å². The summed E-state index contributed by atoms with van der Waals surface area (Å²) >= 11 is 0. The van der Waals surface area contributed by atoms with Crippen LogP contribution < -0.4 is 15.4 Å². The zero-order valence-electron chi connectivity index (χ0n) is 15.0. The summed E-state index contributed by atoms with van der Waals surface area (Å²) < 4.78 is 31.5. The molecule has 0 unspecified atom stereocenters. The summed E-state index contributed by atoms with van der Waals surface area (Å²) in [6.45, 7) is 4.79. The van der Waals surface area contributed by atoms with Crippen LogP contribution in [-0.2, 0) is 14.6 Å². The summed E-state index contributed by atoms with van der Waals surface area (Å²) in [4.78, 5) is 12.1. The number of sulfone groups is 1. The molecule has 6 nitrogen and oxygen atoms in total. The van der Waals surface area contributed by atoms with Crippen molar-refractivity contribution >= 4 is 21.4 Å². The fourth-order valence-electron chi connectivity index (χ4n) is 2.36. The zero-order valence-corrected chi connectivity index (χ0v) is 15.8. The summed E-state index contributed by atoms with van der Waals surface area (Å²) in [6.07, 6.45) is 0.836. The number of hydrogen-bond donors (Lipinski definition) is 2. The highest BCUT2D eigenvalue weighted by Gasteiger charge is 2.22. The number of anilines is 1. The minimum atomic E-state index is -3.75. The molecule has 26 heavy (non-hydrogen) atoms. The van der Waals surface area contributed by atoms with Crippen molar-refractivity contribution in [2.75, 3.05) is 25.0 Å². The number of hydrogen-bond acceptors (Lipinski definition) is 5. The van der Waals surface area contributed by atoms with Crippen molar-refractivity contribution in [3.63, 3.8) is 0 Å². The number of benzene rings is 2. The number of carbonyl (C=O) groups excluding carboxylic acids is 1. The Morgan fingerprint density at radius 3 is 2.46 bits per heavy atom. The molecule has 2 aromatic carbocycles. The van der Waals surface area contributed by atoms with Gasteiger partial charge in [0.05, 0.1) is 28.6 Å². The van der Waals surface area contributed by atoms with E-state index in [4.69, 9.17) is 4.74 Å². The van der Waals surface area contributed by atoms with Gasteiger partial charge in [-0.05, 0) is 37.6 Å². The molecule has 0 fully saturated rings. The first-order valence-electron chi connectivity index (χ1n) is 8.56. The molecule has 0 aliphatic rings. The van der Waals surface area contributed by atoms with Gasteiger partial charge in [-0.1, -0.05) is 25.1 Å². The maximum absolute atomic E-state index is 13.0. The second-order valence-corrected chi connectivity index (χ2v) is 7.53. The van der Waals surface area contributed by atoms with Gasteiger partial charge in [0.25, 0.3) is 0 Å². The van der Waals surface area contributed by atoms with Crippen LogP contribution in [0.5, 0.6) is 5.75 Å². The van der Waals surface area contributed by atoms with Crippen LogP contribution in [0.15, 0.2) is 58.3 Å². The van der Waals surface area contributed by atoms with Gasteiger partial charge in [0.15, 0.2) is 0 Å². The van der Waals surface area contributed by atoms with Crippen LogP contribution in [0.2, 0.25) is 0 Å². The van der Waals surface area contributed by atoms with Crippen LogP contribution in [0.3, 0.4) is 0 Å². The fourth-order valence-corrected chi connectivity index (χ4v) is 3.83. The van der Waals surface area contributed by atoms with E-state index in [0.29, 0.717) is 24.6 Å². The Hall–Kier alpha value is -2.54. The number of amides is 1. The summed E-state index contributed by atoms with van der Waals surface area (Å²) in [7, 11) is -3.75. The van der Waals surface area contributed by atoms with E-state index in [0.717, 1.165) is 6.42 Å². The molecule has 0 bridgehead atoms. The summed E-state index contributed by atoms with van der Waals surface area (Å²) in [5.41, 5.74) is 0.365. The Morgan fingerprint density at radius 2 is 1.81 bits per heavy atom. The number of carbonyl (C=O) groups is 1. The Balaban J connectivity index is 2.35. The Bertz CT molecular complexity index is 836. The standard InChI is InChI=1S/C19H24N2O4S/c1-3-12-20-19(22)14-21-17-11-10-15(25-4-2)13-18(17)26(23,24)16-8-6-5-7-9-16/h5-11,13,21H,3-4,12,14H2,1-2H3,(H,20,22). The first kappa shape index (κ1) is 19.8. The molecule has 2 rings (SSSR count). The number of ether oxygens (including phenoxy) is 1. The monoisotopic (exact) mass is 376 g/mol. The van der Waals surface area contributed by atoms with Crippen LogP contribution in [-0.4, -0.2) is 34.0 Å². The Kier molecular flexibility index (Phi) is 7.03. The molecule has 1 amide bonds. The molecule has 0 radical (unpaired) electrons. The average Bonchev–Trinajstić information content (AvgIpc) is 2.66. The highest BCUT2D eigenvalue weighted by molar-refractivity contribution is 7.91. The molecule has 7 heteroatoms. The SMILES string of the molecule is CCCNC(=O)CNc1ccc(OCC)cc1S(=O)(=O)c1ccccc1. The molecule has 140 valence electrons. The van der Waals surface area contributed by atoms with E-state index < -0.39 is 9.84 Å². The van der Waals surface area contributed by atoms with E-state index in [1.54, 1.807) is 42.5 Å². The van der Waals surface area contributed by atoms with Crippen LogP contribution in [0.25, 0.3) is 0 Å². The van der Waals surface area contributed by atoms with Gasteiger partial charge in [-0.2, -0.15) is 0 Å². The summed E-state index contributed by atoms with van der Waals surface area (Å²) in [5.74, 6) is 0.270. The maximum Gasteiger partial charge on any atom is 0.239 e. The molecule has 0 saturated carbocycles. The quantitative estimate of drug-likeness (QED) is 0.703. The fraction of sp³-hybridized carbons (Fsp3) is 0.316. The summed E-state index contributed by atoms with van der Waals surface area (Å²) in [6, 6.07) is 13.0. The van der Waals surface area contributed by atoms with E-state index in [1.165, 1.54) is 6.07 Å². The minimum absolute atomic E-state index is 0.00864. The first-order valence-corrected chi connectivity index (χ1v) is 10.0. The van der Waals surface area contributed by atoms with Gasteiger partial charge in [-0.3, -0.25) is 4.79 Å². The first-order chi connectivity index (χ1) is 12.5. The van der Waals surface area contributed by atoms with Crippen molar-refractivity contribution in [2.45, 2.75) is 30.1 Å². The summed E-state index contributed by atoms with van der Waals surface area (Å²) in [5, 5.41) is 5.67. The molecule has 0 saturated heterocycles. The molecule has 2 aromatic rings. The van der Waals surface area contributed by atoms with E-state index in [-0.39, 0.29) is 22.2 Å². The van der Waals surface area contributed by atoms with Crippen molar-refractivity contribution < 1.29 is 17.9 Å². The van der Waals surface area contributed by atoms with Crippen LogP contribution in [0, 0.1) is 0 Å². The van der Waals surface area contributed by atoms with Crippen molar-refractivity contribution in [1.29, 1.82) is 0 Å². The van der Waals surface area contributed by atoms with Crippen molar-refractivity contribution in [1.82, 2.24) is 5.32 Å². The lowest BCUT2D eigenvalue weighted by molar-refractivity contribution is -0.119. The minimum Gasteiger partial charge on any atom is -0.494 e. The lowest BCUT2D eigenvalue weighted by atomic mass is 10.3. The van der Waals surface area contributed by atoms with Gasteiger partial charge >= 0.3 is 0 Å². The average molecular weight is 376 g/mol. The second-order valence-electron chi connectivity index (χ2n) is 5.61. The lowest BCUT2D eigenvalue weighted by Gasteiger charge is -2.14. The van der Waals surface area contributed by atoms with E-state index in [9.17, 15) is 13.2 Å². The van der Waals surface area contributed by atoms with Crippen molar-refractivity contribution in [2.24, 2.45) is 0 Å². The smallest absolute Gasteiger partial charge is 0.239 e. The predicted octanol–water partition coefficient (Wildman–Crippen LogP) is 2.86. The highest BCUT2D eigenvalue weighted by Crippen LogP contribution is 2.31. The van der Waals surface area contributed by atoms with Gasteiger partial charge < -0.3 is 15.4 Å². The Labute approximate surface area is 154 Å². The molecule has 2 N–H and O–H groups in total. The molecule has 0 aliphatic heterocycles. The van der Waals surface area contributed by atoms with Gasteiger partial charge in [-0.25, -0.2) is 8.42 Å². The van der Waals surface area contributed by atoms with Gasteiger partial charge in [0.2, 0.25) is 15.7 Å². The maximum atomic E-state index is 13.0. The van der Waals surface area contributed by atoms with Crippen LogP contribution in [0.4, 0.5) is 5.69 Å². The van der Waals surface area contributed by atoms with Crippen molar-refractivity contribution in [3.8, 4) is 5.75 Å². The normalized spacial score (nSPS) is 11.0. The van der Waals surface area contributed by atoms with E-state index >= 15 is 0 Å². The zero-order chi connectivity index (χ0) is 19.0. The third-order valence-corrected chi connectivity index (χ3v) is 5.43. The molecule has 0 aliphatic carbocycles. The largest absolute Gasteiger partial charge is 0.494 e. The topological polar surface area (TPSA) is 84.5 Å². The molecular weight excluding hydrogens is 352 g/mol. The molecule has 0 aromatic heterocycles. The highest BCUT2D eigenvalue weighted by atomic mass is 32.2. The van der Waals surface area contributed by atoms with Crippen LogP contribution >= 0.6 is 0 Å². The van der Waals surface area contributed by atoms with Crippen molar-refractivity contribution in [3.05, 3.63) is 48.5 Å². The van der Waals surface area contributed by atoms with E-state index in [2.05, 4.69) is 10.6 Å². The third kappa shape index (κ3) is 4.98. The molecule has 0 atom stereocenters. The predicted molar refractivity (Wildman–Crippen MR) is 101 cm³/mol. The number of nitrogens with one attached hydrogen (secondary N) is 2. The molecule has 0 spiro atoms. The van der Waals surface area contributed by atoms with Gasteiger partial charge in [0.1, 0.15) is 5.75 Å². The Morgan fingerprint density at radius 1 is 1.08 bits per heavy atom. The van der Waals surface area contributed by atoms with Gasteiger partial charge in [-0.15, -0.1) is 0 Å².